The van der Waals surface area contributed by atoms with Crippen molar-refractivity contribution >= 4 is 27.7 Å². The molecule has 0 heterocycles. The second kappa shape index (κ2) is 6.55. The molecule has 0 bridgehead atoms. The number of amides is 2. The van der Waals surface area contributed by atoms with E-state index >= 15 is 0 Å². The quantitative estimate of drug-likeness (QED) is 0.823. The number of halogens is 4. The third-order valence-electron chi connectivity index (χ3n) is 2.06. The molecule has 1 aromatic rings. The van der Waals surface area contributed by atoms with Crippen LogP contribution in [-0.4, -0.2) is 31.1 Å². The van der Waals surface area contributed by atoms with E-state index in [4.69, 9.17) is 0 Å². The largest absolute Gasteiger partial charge is 0.471 e. The lowest BCUT2D eigenvalue weighted by Crippen LogP contribution is -2.41. The molecular formula is C11H10BrF3N2O2. The van der Waals surface area contributed by atoms with Gasteiger partial charge in [0, 0.05) is 23.1 Å². The molecule has 8 heteroatoms. The normalized spacial score (nSPS) is 10.9. The number of alkyl halides is 3. The molecule has 0 aliphatic rings. The van der Waals surface area contributed by atoms with Gasteiger partial charge in [-0.05, 0) is 24.3 Å². The van der Waals surface area contributed by atoms with Gasteiger partial charge in [-0.15, -0.1) is 0 Å². The maximum atomic E-state index is 11.8. The van der Waals surface area contributed by atoms with E-state index in [0.29, 0.717) is 5.56 Å². The van der Waals surface area contributed by atoms with Crippen molar-refractivity contribution in [3.63, 3.8) is 0 Å². The van der Waals surface area contributed by atoms with E-state index in [1.54, 1.807) is 29.6 Å². The van der Waals surface area contributed by atoms with Crippen molar-refractivity contribution in [2.75, 3.05) is 13.1 Å². The molecule has 0 aliphatic heterocycles. The van der Waals surface area contributed by atoms with Gasteiger partial charge in [0.15, 0.2) is 0 Å². The summed E-state index contributed by atoms with van der Waals surface area (Å²) in [6.45, 7) is -0.378. The summed E-state index contributed by atoms with van der Waals surface area (Å²) in [6.07, 6.45) is -4.91. The van der Waals surface area contributed by atoms with Gasteiger partial charge in [-0.1, -0.05) is 15.9 Å². The fourth-order valence-corrected chi connectivity index (χ4v) is 1.42. The fraction of sp³-hybridized carbons (Fsp3) is 0.273. The molecule has 0 saturated heterocycles. The van der Waals surface area contributed by atoms with Gasteiger partial charge < -0.3 is 10.6 Å². The first-order chi connectivity index (χ1) is 8.80. The topological polar surface area (TPSA) is 58.2 Å². The monoisotopic (exact) mass is 338 g/mol. The maximum absolute atomic E-state index is 11.8. The average Bonchev–Trinajstić information content (AvgIpc) is 2.33. The number of nitrogens with one attached hydrogen (secondary N) is 2. The summed E-state index contributed by atoms with van der Waals surface area (Å²) >= 11 is 3.21. The number of carbonyl (C=O) groups is 2. The molecular weight excluding hydrogens is 329 g/mol. The van der Waals surface area contributed by atoms with Gasteiger partial charge in [0.05, 0.1) is 0 Å². The molecule has 0 unspecified atom stereocenters. The van der Waals surface area contributed by atoms with Crippen LogP contribution < -0.4 is 10.6 Å². The van der Waals surface area contributed by atoms with Gasteiger partial charge in [-0.3, -0.25) is 9.59 Å². The Kier molecular flexibility index (Phi) is 5.34. The maximum Gasteiger partial charge on any atom is 0.471 e. The third kappa shape index (κ3) is 5.29. The van der Waals surface area contributed by atoms with E-state index in [2.05, 4.69) is 21.2 Å². The molecule has 0 aromatic heterocycles. The fourth-order valence-electron chi connectivity index (χ4n) is 1.16. The van der Waals surface area contributed by atoms with E-state index < -0.39 is 18.0 Å². The number of hydrogen-bond donors (Lipinski definition) is 2. The van der Waals surface area contributed by atoms with Crippen molar-refractivity contribution in [2.45, 2.75) is 6.18 Å². The minimum Gasteiger partial charge on any atom is -0.350 e. The summed E-state index contributed by atoms with van der Waals surface area (Å²) in [7, 11) is 0. The van der Waals surface area contributed by atoms with E-state index in [0.717, 1.165) is 4.47 Å². The Morgan fingerprint density at radius 3 is 2.11 bits per heavy atom. The molecule has 2 amide bonds. The molecule has 0 atom stereocenters. The Hall–Kier alpha value is -1.57. The van der Waals surface area contributed by atoms with Crippen LogP contribution in [0.4, 0.5) is 13.2 Å². The molecule has 0 spiro atoms. The number of benzene rings is 1. The number of carbonyl (C=O) groups excluding carboxylic acids is 2. The molecule has 1 aromatic carbocycles. The summed E-state index contributed by atoms with van der Waals surface area (Å²) in [5.41, 5.74) is 0.380. The van der Waals surface area contributed by atoms with Crippen molar-refractivity contribution in [3.05, 3.63) is 34.3 Å². The summed E-state index contributed by atoms with van der Waals surface area (Å²) in [5.74, 6) is -2.45. The lowest BCUT2D eigenvalue weighted by Gasteiger charge is -2.08. The van der Waals surface area contributed by atoms with Crippen LogP contribution in [0.15, 0.2) is 28.7 Å². The first kappa shape index (κ1) is 15.5. The van der Waals surface area contributed by atoms with Gasteiger partial charge in [-0.2, -0.15) is 13.2 Å². The standard InChI is InChI=1S/C11H10BrF3N2O2/c12-8-3-1-7(2-4-8)9(18)16-5-6-17-10(19)11(13,14)15/h1-4H,5-6H2,(H,16,18)(H,17,19). The first-order valence-corrected chi connectivity index (χ1v) is 5.99. The van der Waals surface area contributed by atoms with E-state index in [1.807, 2.05) is 0 Å². The molecule has 4 nitrogen and oxygen atoms in total. The number of rotatable bonds is 4. The van der Waals surface area contributed by atoms with Crippen LogP contribution in [0.1, 0.15) is 10.4 Å². The summed E-state index contributed by atoms with van der Waals surface area (Å²) in [6, 6.07) is 6.46. The van der Waals surface area contributed by atoms with Gasteiger partial charge in [0.2, 0.25) is 0 Å². The zero-order valence-electron chi connectivity index (χ0n) is 9.55. The minimum atomic E-state index is -4.91. The van der Waals surface area contributed by atoms with E-state index in [1.165, 1.54) is 0 Å². The Bertz CT molecular complexity index is 460. The molecule has 2 N–H and O–H groups in total. The lowest BCUT2D eigenvalue weighted by molar-refractivity contribution is -0.173. The Labute approximate surface area is 115 Å². The highest BCUT2D eigenvalue weighted by molar-refractivity contribution is 9.10. The number of hydrogen-bond acceptors (Lipinski definition) is 2. The van der Waals surface area contributed by atoms with E-state index in [9.17, 15) is 22.8 Å². The molecule has 19 heavy (non-hydrogen) atoms. The predicted octanol–water partition coefficient (Wildman–Crippen LogP) is 1.86. The molecule has 0 radical (unpaired) electrons. The van der Waals surface area contributed by atoms with Gasteiger partial charge in [-0.25, -0.2) is 0 Å². The van der Waals surface area contributed by atoms with Crippen LogP contribution in [0.3, 0.4) is 0 Å². The molecule has 0 aliphatic carbocycles. The van der Waals surface area contributed by atoms with Crippen molar-refractivity contribution in [3.8, 4) is 0 Å². The van der Waals surface area contributed by atoms with Gasteiger partial charge in [0.25, 0.3) is 5.91 Å². The predicted molar refractivity (Wildman–Crippen MR) is 65.5 cm³/mol. The van der Waals surface area contributed by atoms with Crippen molar-refractivity contribution < 1.29 is 22.8 Å². The Morgan fingerprint density at radius 2 is 1.58 bits per heavy atom. The average molecular weight is 339 g/mol. The second-order valence-electron chi connectivity index (χ2n) is 3.52. The van der Waals surface area contributed by atoms with Gasteiger partial charge >= 0.3 is 12.1 Å². The van der Waals surface area contributed by atoms with Crippen LogP contribution in [0.2, 0.25) is 0 Å². The summed E-state index contributed by atoms with van der Waals surface area (Å²) < 4.78 is 36.3. The highest BCUT2D eigenvalue weighted by Gasteiger charge is 2.38. The minimum absolute atomic E-state index is 0.0866. The highest BCUT2D eigenvalue weighted by Crippen LogP contribution is 2.13. The van der Waals surface area contributed by atoms with Crippen molar-refractivity contribution in [1.29, 1.82) is 0 Å². The van der Waals surface area contributed by atoms with Crippen LogP contribution in [0.25, 0.3) is 0 Å². The van der Waals surface area contributed by atoms with Crippen molar-refractivity contribution in [2.24, 2.45) is 0 Å². The Balaban J connectivity index is 2.32. The molecule has 0 fully saturated rings. The van der Waals surface area contributed by atoms with Crippen LogP contribution in [0.5, 0.6) is 0 Å². The van der Waals surface area contributed by atoms with Gasteiger partial charge in [0.1, 0.15) is 0 Å². The third-order valence-corrected chi connectivity index (χ3v) is 2.59. The van der Waals surface area contributed by atoms with Crippen LogP contribution >= 0.6 is 15.9 Å². The summed E-state index contributed by atoms with van der Waals surface area (Å²) in [4.78, 5) is 22.0. The second-order valence-corrected chi connectivity index (χ2v) is 4.43. The molecule has 0 saturated carbocycles. The molecule has 1 rings (SSSR count). The Morgan fingerprint density at radius 1 is 1.05 bits per heavy atom. The lowest BCUT2D eigenvalue weighted by atomic mass is 10.2. The first-order valence-electron chi connectivity index (χ1n) is 5.19. The van der Waals surface area contributed by atoms with Crippen LogP contribution in [-0.2, 0) is 4.79 Å². The van der Waals surface area contributed by atoms with E-state index in [-0.39, 0.29) is 13.1 Å². The molecule has 104 valence electrons. The zero-order valence-corrected chi connectivity index (χ0v) is 11.1. The zero-order chi connectivity index (χ0) is 14.5. The highest BCUT2D eigenvalue weighted by atomic mass is 79.9. The SMILES string of the molecule is O=C(NCCNC(=O)C(F)(F)F)c1ccc(Br)cc1. The van der Waals surface area contributed by atoms with Crippen molar-refractivity contribution in [1.82, 2.24) is 10.6 Å². The smallest absolute Gasteiger partial charge is 0.350 e. The van der Waals surface area contributed by atoms with Crippen LogP contribution in [0, 0.1) is 0 Å². The summed E-state index contributed by atoms with van der Waals surface area (Å²) in [5, 5.41) is 4.04.